The fraction of sp³-hybridized carbons (Fsp3) is 0.227. The zero-order chi connectivity index (χ0) is 31.9. The van der Waals surface area contributed by atoms with Crippen LogP contribution in [0, 0.1) is 6.92 Å². The van der Waals surface area contributed by atoms with Crippen molar-refractivity contribution in [1.82, 2.24) is 14.5 Å². The smallest absolute Gasteiger partial charge is 0.0497 e. The van der Waals surface area contributed by atoms with Crippen LogP contribution in [-0.2, 0) is 6.54 Å². The zero-order valence-electron chi connectivity index (χ0n) is 27.8. The molecule has 3 nitrogen and oxygen atoms in total. The van der Waals surface area contributed by atoms with Crippen LogP contribution in [-0.4, -0.2) is 14.5 Å². The number of hydrogen-bond acceptors (Lipinski definition) is 0. The van der Waals surface area contributed by atoms with Gasteiger partial charge in [-0.05, 0) is 84.5 Å². The number of para-hydroxylation sites is 1. The molecule has 3 aromatic heterocycles. The first-order valence-electron chi connectivity index (χ1n) is 17.4. The van der Waals surface area contributed by atoms with E-state index in [0.717, 1.165) is 6.54 Å². The lowest BCUT2D eigenvalue weighted by molar-refractivity contribution is 0.571. The minimum Gasteiger partial charge on any atom is -0.355 e. The first-order chi connectivity index (χ1) is 23.1. The van der Waals surface area contributed by atoms with Crippen LogP contribution in [0.5, 0.6) is 0 Å². The number of unbranched alkanes of at least 4 members (excludes halogenated alkanes) is 5. The average molecular weight is 614 g/mol. The number of nitrogens with one attached hydrogen (secondary N) is 2. The fourth-order valence-electron chi connectivity index (χ4n) is 7.65. The molecule has 8 rings (SSSR count). The Kier molecular flexibility index (Phi) is 7.69. The number of benzene rings is 5. The van der Waals surface area contributed by atoms with Crippen molar-refractivity contribution in [2.24, 2.45) is 0 Å². The van der Waals surface area contributed by atoms with Crippen LogP contribution in [0.25, 0.3) is 82.8 Å². The fourth-order valence-corrected chi connectivity index (χ4v) is 7.65. The molecule has 0 bridgehead atoms. The van der Waals surface area contributed by atoms with E-state index >= 15 is 0 Å². The van der Waals surface area contributed by atoms with Gasteiger partial charge in [0.25, 0.3) is 0 Å². The lowest BCUT2D eigenvalue weighted by Crippen LogP contribution is -1.98. The van der Waals surface area contributed by atoms with E-state index in [1.165, 1.54) is 127 Å². The van der Waals surface area contributed by atoms with Gasteiger partial charge in [0.05, 0.1) is 0 Å². The first kappa shape index (κ1) is 29.4. The molecule has 3 heteroatoms. The van der Waals surface area contributed by atoms with E-state index < -0.39 is 0 Å². The summed E-state index contributed by atoms with van der Waals surface area (Å²) < 4.78 is 2.60. The van der Waals surface area contributed by atoms with E-state index in [9.17, 15) is 0 Å². The van der Waals surface area contributed by atoms with Gasteiger partial charge in [-0.3, -0.25) is 0 Å². The van der Waals surface area contributed by atoms with Crippen LogP contribution >= 0.6 is 0 Å². The minimum atomic E-state index is 1.03. The normalized spacial score (nSPS) is 12.2. The highest BCUT2D eigenvalue weighted by Crippen LogP contribution is 2.37. The van der Waals surface area contributed by atoms with Crippen molar-refractivity contribution < 1.29 is 0 Å². The van der Waals surface area contributed by atoms with E-state index in [-0.39, 0.29) is 0 Å². The summed E-state index contributed by atoms with van der Waals surface area (Å²) in [7, 11) is 0. The van der Waals surface area contributed by atoms with Crippen molar-refractivity contribution in [3.63, 3.8) is 0 Å². The molecule has 0 saturated carbocycles. The second kappa shape index (κ2) is 12.3. The average Bonchev–Trinajstić information content (AvgIpc) is 3.74. The Bertz CT molecular complexity index is 2430. The van der Waals surface area contributed by atoms with Crippen LogP contribution < -0.4 is 0 Å². The Morgan fingerprint density at radius 2 is 1.11 bits per heavy atom. The topological polar surface area (TPSA) is 36.5 Å². The number of allylic oxidation sites excluding steroid dienone is 1. The van der Waals surface area contributed by atoms with Crippen LogP contribution in [0.4, 0.5) is 0 Å². The Hall–Kier alpha value is -5.02. The van der Waals surface area contributed by atoms with Crippen molar-refractivity contribution in [2.75, 3.05) is 0 Å². The molecule has 5 aromatic carbocycles. The Morgan fingerprint density at radius 3 is 1.79 bits per heavy atom. The van der Waals surface area contributed by atoms with Gasteiger partial charge in [-0.1, -0.05) is 112 Å². The number of aromatic amines is 2. The molecular formula is C44H43N3. The second-order valence-corrected chi connectivity index (χ2v) is 13.2. The van der Waals surface area contributed by atoms with Gasteiger partial charge in [0, 0.05) is 66.8 Å². The zero-order valence-corrected chi connectivity index (χ0v) is 27.8. The SMILES string of the molecule is CC=Cc1[nH]c2cc(-c3ccc4c5ccc(-c6ccc7c(c6)[nH]c6ccccc67)cc5n(CCCCCCCC)c4c3)ccc2c1C. The number of aromatic nitrogens is 3. The first-order valence-corrected chi connectivity index (χ1v) is 17.4. The van der Waals surface area contributed by atoms with Gasteiger partial charge in [0.15, 0.2) is 0 Å². The van der Waals surface area contributed by atoms with Gasteiger partial charge in [0.2, 0.25) is 0 Å². The van der Waals surface area contributed by atoms with E-state index in [0.29, 0.717) is 0 Å². The number of rotatable bonds is 10. The summed E-state index contributed by atoms with van der Waals surface area (Å²) in [6, 6.07) is 36.5. The molecule has 3 heterocycles. The van der Waals surface area contributed by atoms with Gasteiger partial charge in [-0.2, -0.15) is 0 Å². The maximum Gasteiger partial charge on any atom is 0.0497 e. The lowest BCUT2D eigenvalue weighted by Gasteiger charge is -2.10. The number of H-pyrrole nitrogens is 2. The summed E-state index contributed by atoms with van der Waals surface area (Å²) in [4.78, 5) is 7.28. The Balaban J connectivity index is 1.22. The van der Waals surface area contributed by atoms with Gasteiger partial charge in [0.1, 0.15) is 0 Å². The van der Waals surface area contributed by atoms with Crippen LogP contribution in [0.15, 0.2) is 103 Å². The summed E-state index contributed by atoms with van der Waals surface area (Å²) in [6.45, 7) is 7.59. The molecule has 0 unspecified atom stereocenters. The van der Waals surface area contributed by atoms with Gasteiger partial charge < -0.3 is 14.5 Å². The highest BCUT2D eigenvalue weighted by Gasteiger charge is 2.15. The molecular weight excluding hydrogens is 571 g/mol. The highest BCUT2D eigenvalue weighted by atomic mass is 15.0. The summed E-state index contributed by atoms with van der Waals surface area (Å²) in [5, 5.41) is 6.52. The predicted octanol–water partition coefficient (Wildman–Crippen LogP) is 12.9. The summed E-state index contributed by atoms with van der Waals surface area (Å²) >= 11 is 0. The maximum absolute atomic E-state index is 3.64. The predicted molar refractivity (Wildman–Crippen MR) is 204 cm³/mol. The monoisotopic (exact) mass is 613 g/mol. The molecule has 0 aliphatic rings. The van der Waals surface area contributed by atoms with Crippen molar-refractivity contribution >= 4 is 60.6 Å². The number of fused-ring (bicyclic) bond motifs is 7. The number of nitrogens with zero attached hydrogens (tertiary/aromatic N) is 1. The minimum absolute atomic E-state index is 1.03. The second-order valence-electron chi connectivity index (χ2n) is 13.2. The van der Waals surface area contributed by atoms with Crippen molar-refractivity contribution in [3.05, 3.63) is 114 Å². The van der Waals surface area contributed by atoms with Crippen molar-refractivity contribution in [1.29, 1.82) is 0 Å². The van der Waals surface area contributed by atoms with Crippen LogP contribution in [0.3, 0.4) is 0 Å². The molecule has 2 N–H and O–H groups in total. The van der Waals surface area contributed by atoms with Crippen LogP contribution in [0.1, 0.15) is 63.6 Å². The van der Waals surface area contributed by atoms with Gasteiger partial charge >= 0.3 is 0 Å². The van der Waals surface area contributed by atoms with Gasteiger partial charge in [-0.25, -0.2) is 0 Å². The maximum atomic E-state index is 3.64. The van der Waals surface area contributed by atoms with Crippen LogP contribution in [0.2, 0.25) is 0 Å². The van der Waals surface area contributed by atoms with Crippen molar-refractivity contribution in [2.45, 2.75) is 65.8 Å². The molecule has 47 heavy (non-hydrogen) atoms. The molecule has 0 aliphatic heterocycles. The van der Waals surface area contributed by atoms with Gasteiger partial charge in [-0.15, -0.1) is 0 Å². The Labute approximate surface area is 276 Å². The van der Waals surface area contributed by atoms with Crippen molar-refractivity contribution in [3.8, 4) is 22.3 Å². The highest BCUT2D eigenvalue weighted by molar-refractivity contribution is 6.11. The van der Waals surface area contributed by atoms with E-state index in [1.807, 2.05) is 0 Å². The molecule has 0 fully saturated rings. The summed E-state index contributed by atoms with van der Waals surface area (Å²) in [6.07, 6.45) is 12.0. The summed E-state index contributed by atoms with van der Waals surface area (Å²) in [5.41, 5.74) is 13.7. The molecule has 0 radical (unpaired) electrons. The van der Waals surface area contributed by atoms with E-state index in [4.69, 9.17) is 0 Å². The summed E-state index contributed by atoms with van der Waals surface area (Å²) in [5.74, 6) is 0. The molecule has 0 atom stereocenters. The third-order valence-corrected chi connectivity index (χ3v) is 10.2. The molecule has 0 spiro atoms. The molecule has 0 amide bonds. The quantitative estimate of drug-likeness (QED) is 0.144. The lowest BCUT2D eigenvalue weighted by atomic mass is 10.00. The molecule has 8 aromatic rings. The Morgan fingerprint density at radius 1 is 0.553 bits per heavy atom. The molecule has 0 aliphatic carbocycles. The standard InChI is InChI=1S/C44H43N3/c1-4-6-7-8-9-12-24-47-43-27-32(30-16-20-34-29(3)39(13-5-2)45-41(34)25-30)18-22-37(43)38-23-19-33(28-44(38)47)31-17-21-36-35-14-10-11-15-40(35)46-42(36)26-31/h5,10-11,13-23,25-28,45-46H,4,6-9,12,24H2,1-3H3. The van der Waals surface area contributed by atoms with E-state index in [2.05, 4.69) is 145 Å². The molecule has 234 valence electrons. The number of aryl methyl sites for hydroxylation is 2. The largest absolute Gasteiger partial charge is 0.355 e. The third kappa shape index (κ3) is 5.24. The third-order valence-electron chi connectivity index (χ3n) is 10.2. The molecule has 0 saturated heterocycles. The number of hydrogen-bond donors (Lipinski definition) is 2. The van der Waals surface area contributed by atoms with E-state index in [1.54, 1.807) is 0 Å².